The fourth-order valence-electron chi connectivity index (χ4n) is 3.42. The van der Waals surface area contributed by atoms with Gasteiger partial charge in [-0.1, -0.05) is 6.07 Å². The monoisotopic (exact) mass is 406 g/mol. The van der Waals surface area contributed by atoms with Crippen molar-refractivity contribution in [2.45, 2.75) is 19.8 Å². The Morgan fingerprint density at radius 2 is 1.90 bits per heavy atom. The molecule has 0 spiro atoms. The Balaban J connectivity index is 2.35. The number of aliphatic hydroxyl groups excluding tert-OH is 1. The number of phenols is 1. The molecule has 0 fully saturated rings. The first-order valence-corrected chi connectivity index (χ1v) is 8.59. The standard InChI is InChI=1S/C20H17F3N2O4/c1-9(19(28)24-8-26)15-10(2)25(20(29)11-4-3-5-12(21)6-11)14-7-13(22)18(27)17(23)16(14)15/h3-7,9,26-27H,8H2,1-2H3,(H,24,28)/t9-/m0/s1. The van der Waals surface area contributed by atoms with Crippen LogP contribution in [0.2, 0.25) is 0 Å². The maximum absolute atomic E-state index is 14.8. The summed E-state index contributed by atoms with van der Waals surface area (Å²) in [5, 5.41) is 20.5. The molecule has 1 amide bonds. The third kappa shape index (κ3) is 3.33. The molecule has 1 atom stereocenters. The number of carbonyl (C=O) groups is 2. The zero-order chi connectivity index (χ0) is 21.5. The summed E-state index contributed by atoms with van der Waals surface area (Å²) in [6, 6.07) is 5.54. The second kappa shape index (κ2) is 7.59. The Morgan fingerprint density at radius 1 is 1.21 bits per heavy atom. The normalized spacial score (nSPS) is 12.2. The maximum Gasteiger partial charge on any atom is 0.262 e. The van der Waals surface area contributed by atoms with E-state index in [1.165, 1.54) is 26.0 Å². The second-order valence-electron chi connectivity index (χ2n) is 6.49. The summed E-state index contributed by atoms with van der Waals surface area (Å²) in [6.07, 6.45) is 0. The van der Waals surface area contributed by atoms with Gasteiger partial charge in [0.1, 0.15) is 12.5 Å². The molecule has 0 aliphatic heterocycles. The molecule has 3 N–H and O–H groups in total. The molecule has 0 aliphatic rings. The lowest BCUT2D eigenvalue weighted by Gasteiger charge is -2.13. The van der Waals surface area contributed by atoms with E-state index in [4.69, 9.17) is 5.11 Å². The van der Waals surface area contributed by atoms with Crippen LogP contribution < -0.4 is 5.32 Å². The van der Waals surface area contributed by atoms with Gasteiger partial charge in [-0.15, -0.1) is 0 Å². The molecule has 1 aromatic heterocycles. The third-order valence-electron chi connectivity index (χ3n) is 4.76. The number of aromatic hydroxyl groups is 1. The van der Waals surface area contributed by atoms with Crippen molar-refractivity contribution in [3.8, 4) is 5.75 Å². The van der Waals surface area contributed by atoms with E-state index in [0.717, 1.165) is 22.8 Å². The predicted molar refractivity (Wildman–Crippen MR) is 98.0 cm³/mol. The van der Waals surface area contributed by atoms with Crippen molar-refractivity contribution >= 4 is 22.7 Å². The van der Waals surface area contributed by atoms with E-state index < -0.39 is 47.7 Å². The van der Waals surface area contributed by atoms with E-state index in [2.05, 4.69) is 5.32 Å². The zero-order valence-electron chi connectivity index (χ0n) is 15.5. The Hall–Kier alpha value is -3.33. The highest BCUT2D eigenvalue weighted by Crippen LogP contribution is 2.38. The number of benzene rings is 2. The smallest absolute Gasteiger partial charge is 0.262 e. The minimum absolute atomic E-state index is 0.0310. The molecular formula is C20H17F3N2O4. The van der Waals surface area contributed by atoms with Crippen LogP contribution in [0.25, 0.3) is 10.9 Å². The van der Waals surface area contributed by atoms with E-state index in [0.29, 0.717) is 0 Å². The zero-order valence-corrected chi connectivity index (χ0v) is 15.5. The fourth-order valence-corrected chi connectivity index (χ4v) is 3.42. The Labute approximate surface area is 163 Å². The summed E-state index contributed by atoms with van der Waals surface area (Å²) in [7, 11) is 0. The molecule has 0 saturated heterocycles. The summed E-state index contributed by atoms with van der Waals surface area (Å²) >= 11 is 0. The SMILES string of the molecule is Cc1c([C@H](C)C(=O)NCO)c2c(F)c(O)c(F)cc2n1C(=O)c1cccc(F)c1. The van der Waals surface area contributed by atoms with Gasteiger partial charge in [0.15, 0.2) is 17.4 Å². The van der Waals surface area contributed by atoms with Crippen molar-refractivity contribution in [2.75, 3.05) is 6.73 Å². The molecule has 0 radical (unpaired) electrons. The number of aliphatic hydroxyl groups is 1. The molecule has 1 heterocycles. The molecular weight excluding hydrogens is 389 g/mol. The first-order chi connectivity index (χ1) is 13.7. The highest BCUT2D eigenvalue weighted by atomic mass is 19.1. The largest absolute Gasteiger partial charge is 0.503 e. The van der Waals surface area contributed by atoms with Crippen LogP contribution in [0.5, 0.6) is 5.75 Å². The lowest BCUT2D eigenvalue weighted by Crippen LogP contribution is -2.29. The molecule has 3 rings (SSSR count). The average Bonchev–Trinajstić information content (AvgIpc) is 2.97. The number of nitrogens with one attached hydrogen (secondary N) is 1. The van der Waals surface area contributed by atoms with Crippen LogP contribution >= 0.6 is 0 Å². The van der Waals surface area contributed by atoms with E-state index in [-0.39, 0.29) is 27.7 Å². The lowest BCUT2D eigenvalue weighted by molar-refractivity contribution is -0.123. The summed E-state index contributed by atoms with van der Waals surface area (Å²) in [6.45, 7) is 2.17. The highest BCUT2D eigenvalue weighted by Gasteiger charge is 2.30. The molecule has 0 unspecified atom stereocenters. The van der Waals surface area contributed by atoms with Crippen LogP contribution in [-0.4, -0.2) is 33.3 Å². The van der Waals surface area contributed by atoms with Crippen molar-refractivity contribution in [3.63, 3.8) is 0 Å². The van der Waals surface area contributed by atoms with E-state index in [9.17, 15) is 27.9 Å². The van der Waals surface area contributed by atoms with Gasteiger partial charge in [-0.05, 0) is 37.6 Å². The van der Waals surface area contributed by atoms with Gasteiger partial charge in [-0.3, -0.25) is 14.2 Å². The number of hydrogen-bond donors (Lipinski definition) is 3. The summed E-state index contributed by atoms with van der Waals surface area (Å²) in [5.41, 5.74) is -0.150. The second-order valence-corrected chi connectivity index (χ2v) is 6.49. The Bertz CT molecular complexity index is 1140. The molecule has 152 valence electrons. The van der Waals surface area contributed by atoms with Crippen LogP contribution in [-0.2, 0) is 4.79 Å². The highest BCUT2D eigenvalue weighted by molar-refractivity contribution is 6.05. The van der Waals surface area contributed by atoms with Crippen molar-refractivity contribution in [3.05, 3.63) is 64.6 Å². The van der Waals surface area contributed by atoms with Crippen LogP contribution in [0, 0.1) is 24.4 Å². The predicted octanol–water partition coefficient (Wildman–Crippen LogP) is 2.93. The minimum Gasteiger partial charge on any atom is -0.503 e. The van der Waals surface area contributed by atoms with Crippen molar-refractivity contribution in [1.82, 2.24) is 9.88 Å². The number of rotatable bonds is 4. The average molecular weight is 406 g/mol. The first kappa shape index (κ1) is 20.4. The van der Waals surface area contributed by atoms with E-state index in [1.54, 1.807) is 0 Å². The number of nitrogens with zero attached hydrogens (tertiary/aromatic N) is 1. The molecule has 29 heavy (non-hydrogen) atoms. The maximum atomic E-state index is 14.8. The van der Waals surface area contributed by atoms with Crippen molar-refractivity contribution in [1.29, 1.82) is 0 Å². The molecule has 2 aromatic carbocycles. The third-order valence-corrected chi connectivity index (χ3v) is 4.76. The molecule has 0 bridgehead atoms. The van der Waals surface area contributed by atoms with Gasteiger partial charge in [0.05, 0.1) is 11.4 Å². The van der Waals surface area contributed by atoms with E-state index in [1.807, 2.05) is 0 Å². The van der Waals surface area contributed by atoms with Gasteiger partial charge in [0.2, 0.25) is 5.91 Å². The number of hydrogen-bond acceptors (Lipinski definition) is 4. The molecule has 6 nitrogen and oxygen atoms in total. The lowest BCUT2D eigenvalue weighted by atomic mass is 9.96. The fraction of sp³-hybridized carbons (Fsp3) is 0.200. The number of fused-ring (bicyclic) bond motifs is 1. The van der Waals surface area contributed by atoms with Crippen LogP contribution in [0.15, 0.2) is 30.3 Å². The topological polar surface area (TPSA) is 91.6 Å². The summed E-state index contributed by atoms with van der Waals surface area (Å²) in [5.74, 6) is -7.02. The van der Waals surface area contributed by atoms with Gasteiger partial charge in [-0.25, -0.2) is 13.2 Å². The van der Waals surface area contributed by atoms with Gasteiger partial charge < -0.3 is 15.5 Å². The Kier molecular flexibility index (Phi) is 5.34. The molecule has 0 aliphatic carbocycles. The van der Waals surface area contributed by atoms with Crippen LogP contribution in [0.1, 0.15) is 34.5 Å². The molecule has 3 aromatic rings. The number of carbonyl (C=O) groups excluding carboxylic acids is 2. The summed E-state index contributed by atoms with van der Waals surface area (Å²) in [4.78, 5) is 25.2. The van der Waals surface area contributed by atoms with E-state index >= 15 is 0 Å². The minimum atomic E-state index is -1.33. The quantitative estimate of drug-likeness (QED) is 0.581. The molecule has 0 saturated carbocycles. The summed E-state index contributed by atoms with van der Waals surface area (Å²) < 4.78 is 43.4. The number of aromatic nitrogens is 1. The van der Waals surface area contributed by atoms with Gasteiger partial charge in [0.25, 0.3) is 5.91 Å². The first-order valence-electron chi connectivity index (χ1n) is 8.59. The van der Waals surface area contributed by atoms with Crippen LogP contribution in [0.4, 0.5) is 13.2 Å². The van der Waals surface area contributed by atoms with Gasteiger partial charge in [0, 0.05) is 22.7 Å². The number of phenolic OH excluding ortho intramolecular Hbond substituents is 1. The molecule has 9 heteroatoms. The van der Waals surface area contributed by atoms with Gasteiger partial charge in [-0.2, -0.15) is 0 Å². The number of amides is 1. The van der Waals surface area contributed by atoms with Gasteiger partial charge >= 0.3 is 0 Å². The van der Waals surface area contributed by atoms with Crippen molar-refractivity contribution in [2.24, 2.45) is 0 Å². The van der Waals surface area contributed by atoms with Crippen LogP contribution in [0.3, 0.4) is 0 Å². The number of halogens is 3. The van der Waals surface area contributed by atoms with Crippen molar-refractivity contribution < 1.29 is 33.0 Å². The Morgan fingerprint density at radius 3 is 2.52 bits per heavy atom.